The lowest BCUT2D eigenvalue weighted by Crippen LogP contribution is -2.35. The number of anilines is 2. The van der Waals surface area contributed by atoms with Gasteiger partial charge in [0.1, 0.15) is 11.2 Å². The van der Waals surface area contributed by atoms with Gasteiger partial charge in [-0.25, -0.2) is 4.39 Å². The molecule has 6 heteroatoms. The maximum Gasteiger partial charge on any atom is 0.240 e. The predicted molar refractivity (Wildman–Crippen MR) is 89.5 cm³/mol. The van der Waals surface area contributed by atoms with Crippen LogP contribution in [0.1, 0.15) is 12.8 Å². The average molecular weight is 377 g/mol. The monoisotopic (exact) mass is 376 g/mol. The largest absolute Gasteiger partial charge is 0.325 e. The molecule has 0 atom stereocenters. The average Bonchev–Trinajstić information content (AvgIpc) is 3.31. The molecule has 0 aliphatic heterocycles. The predicted octanol–water partition coefficient (Wildman–Crippen LogP) is 3.95. The summed E-state index contributed by atoms with van der Waals surface area (Å²) >= 11 is 3.34. The molecule has 1 fully saturated rings. The van der Waals surface area contributed by atoms with Crippen LogP contribution in [-0.4, -0.2) is 11.8 Å². The third kappa shape index (κ3) is 3.42. The van der Waals surface area contributed by atoms with Gasteiger partial charge in [0.2, 0.25) is 11.8 Å². The summed E-state index contributed by atoms with van der Waals surface area (Å²) in [4.78, 5) is 24.9. The molecule has 3 rings (SSSR count). The lowest BCUT2D eigenvalue weighted by Gasteiger charge is -2.15. The molecule has 2 amide bonds. The van der Waals surface area contributed by atoms with E-state index in [9.17, 15) is 14.0 Å². The molecule has 2 N–H and O–H groups in total. The molecule has 0 heterocycles. The minimum Gasteiger partial charge on any atom is -0.325 e. The van der Waals surface area contributed by atoms with E-state index in [-0.39, 0.29) is 17.6 Å². The SMILES string of the molecule is O=C(Nc1ccc(F)cc1)C1(C(=O)Nc2cccc(Br)c2)CC1. The zero-order chi connectivity index (χ0) is 16.4. The van der Waals surface area contributed by atoms with E-state index in [1.165, 1.54) is 24.3 Å². The van der Waals surface area contributed by atoms with Crippen LogP contribution < -0.4 is 10.6 Å². The van der Waals surface area contributed by atoms with Gasteiger partial charge in [-0.1, -0.05) is 22.0 Å². The zero-order valence-electron chi connectivity index (χ0n) is 12.1. The van der Waals surface area contributed by atoms with Gasteiger partial charge in [-0.3, -0.25) is 9.59 Å². The first-order valence-electron chi connectivity index (χ1n) is 7.14. The number of carbonyl (C=O) groups excluding carboxylic acids is 2. The number of halogens is 2. The fraction of sp³-hybridized carbons (Fsp3) is 0.176. The van der Waals surface area contributed by atoms with Crippen molar-refractivity contribution in [3.63, 3.8) is 0 Å². The molecule has 118 valence electrons. The highest BCUT2D eigenvalue weighted by Crippen LogP contribution is 2.47. The van der Waals surface area contributed by atoms with Crippen molar-refractivity contribution in [2.24, 2.45) is 5.41 Å². The first-order chi connectivity index (χ1) is 11.0. The van der Waals surface area contributed by atoms with Crippen LogP contribution in [0.5, 0.6) is 0 Å². The second-order valence-electron chi connectivity index (χ2n) is 5.51. The lowest BCUT2D eigenvalue weighted by molar-refractivity contribution is -0.131. The van der Waals surface area contributed by atoms with Gasteiger partial charge < -0.3 is 10.6 Å². The van der Waals surface area contributed by atoms with Gasteiger partial charge in [-0.15, -0.1) is 0 Å². The summed E-state index contributed by atoms with van der Waals surface area (Å²) < 4.78 is 13.7. The fourth-order valence-corrected chi connectivity index (χ4v) is 2.68. The third-order valence-electron chi connectivity index (χ3n) is 3.80. The highest BCUT2D eigenvalue weighted by molar-refractivity contribution is 9.10. The molecule has 1 aliphatic carbocycles. The lowest BCUT2D eigenvalue weighted by atomic mass is 10.0. The van der Waals surface area contributed by atoms with E-state index < -0.39 is 5.41 Å². The Kier molecular flexibility index (Phi) is 4.17. The summed E-state index contributed by atoms with van der Waals surface area (Å²) in [5, 5.41) is 5.45. The molecule has 0 bridgehead atoms. The van der Waals surface area contributed by atoms with Crippen molar-refractivity contribution < 1.29 is 14.0 Å². The van der Waals surface area contributed by atoms with Gasteiger partial charge in [0.25, 0.3) is 0 Å². The minimum absolute atomic E-state index is 0.324. The molecule has 0 aromatic heterocycles. The summed E-state index contributed by atoms with van der Waals surface area (Å²) in [6, 6.07) is 12.6. The fourth-order valence-electron chi connectivity index (χ4n) is 2.28. The Balaban J connectivity index is 1.69. The molecule has 1 saturated carbocycles. The molecular weight excluding hydrogens is 363 g/mol. The Labute approximate surface area is 141 Å². The Bertz CT molecular complexity index is 757. The van der Waals surface area contributed by atoms with Gasteiger partial charge in [-0.05, 0) is 55.3 Å². The summed E-state index contributed by atoms with van der Waals surface area (Å²) in [5.41, 5.74) is 0.0552. The van der Waals surface area contributed by atoms with Crippen LogP contribution in [0.3, 0.4) is 0 Å². The zero-order valence-corrected chi connectivity index (χ0v) is 13.7. The van der Waals surface area contributed by atoms with Crippen molar-refractivity contribution >= 4 is 39.1 Å². The maximum atomic E-state index is 12.9. The second kappa shape index (κ2) is 6.12. The summed E-state index contributed by atoms with van der Waals surface area (Å²) in [5.74, 6) is -1.07. The number of carbonyl (C=O) groups is 2. The second-order valence-corrected chi connectivity index (χ2v) is 6.42. The topological polar surface area (TPSA) is 58.2 Å². The van der Waals surface area contributed by atoms with Crippen molar-refractivity contribution in [2.75, 3.05) is 10.6 Å². The van der Waals surface area contributed by atoms with E-state index >= 15 is 0 Å². The summed E-state index contributed by atoms with van der Waals surface area (Å²) in [7, 11) is 0. The van der Waals surface area contributed by atoms with Crippen LogP contribution >= 0.6 is 15.9 Å². The van der Waals surface area contributed by atoms with Gasteiger partial charge in [-0.2, -0.15) is 0 Å². The van der Waals surface area contributed by atoms with Crippen molar-refractivity contribution in [2.45, 2.75) is 12.8 Å². The Morgan fingerprint density at radius 3 is 2.13 bits per heavy atom. The van der Waals surface area contributed by atoms with E-state index in [4.69, 9.17) is 0 Å². The van der Waals surface area contributed by atoms with Gasteiger partial charge in [0.15, 0.2) is 0 Å². The van der Waals surface area contributed by atoms with Crippen LogP contribution in [0.2, 0.25) is 0 Å². The van der Waals surface area contributed by atoms with E-state index in [2.05, 4.69) is 26.6 Å². The molecular formula is C17H14BrFN2O2. The maximum absolute atomic E-state index is 12.9. The molecule has 0 spiro atoms. The quantitative estimate of drug-likeness (QED) is 0.793. The smallest absolute Gasteiger partial charge is 0.240 e. The van der Waals surface area contributed by atoms with Crippen LogP contribution in [-0.2, 0) is 9.59 Å². The number of hydrogen-bond donors (Lipinski definition) is 2. The summed E-state index contributed by atoms with van der Waals surface area (Å²) in [6.45, 7) is 0. The molecule has 0 radical (unpaired) electrons. The molecule has 2 aromatic rings. The van der Waals surface area contributed by atoms with Crippen LogP contribution in [0, 0.1) is 11.2 Å². The molecule has 0 saturated heterocycles. The van der Waals surface area contributed by atoms with Crippen LogP contribution in [0.4, 0.5) is 15.8 Å². The highest BCUT2D eigenvalue weighted by Gasteiger charge is 2.56. The molecule has 0 unspecified atom stereocenters. The van der Waals surface area contributed by atoms with Crippen molar-refractivity contribution in [3.8, 4) is 0 Å². The molecule has 2 aromatic carbocycles. The number of amides is 2. The molecule has 23 heavy (non-hydrogen) atoms. The normalized spacial score (nSPS) is 14.9. The minimum atomic E-state index is -1.04. The highest BCUT2D eigenvalue weighted by atomic mass is 79.9. The van der Waals surface area contributed by atoms with E-state index in [0.29, 0.717) is 24.2 Å². The van der Waals surface area contributed by atoms with Gasteiger partial charge in [0, 0.05) is 15.8 Å². The Hall–Kier alpha value is -2.21. The number of nitrogens with one attached hydrogen (secondary N) is 2. The Morgan fingerprint density at radius 1 is 0.957 bits per heavy atom. The van der Waals surface area contributed by atoms with Crippen molar-refractivity contribution in [3.05, 3.63) is 58.8 Å². The standard InChI is InChI=1S/C17H14BrFN2O2/c18-11-2-1-3-14(10-11)21-16(23)17(8-9-17)15(22)20-13-6-4-12(19)5-7-13/h1-7,10H,8-9H2,(H,20,22)(H,21,23). The number of hydrogen-bond acceptors (Lipinski definition) is 2. The van der Waals surface area contributed by atoms with Gasteiger partial charge >= 0.3 is 0 Å². The van der Waals surface area contributed by atoms with E-state index in [1.54, 1.807) is 18.2 Å². The molecule has 1 aliphatic rings. The van der Waals surface area contributed by atoms with E-state index in [1.807, 2.05) is 6.07 Å². The van der Waals surface area contributed by atoms with Gasteiger partial charge in [0.05, 0.1) is 0 Å². The third-order valence-corrected chi connectivity index (χ3v) is 4.30. The van der Waals surface area contributed by atoms with Crippen molar-refractivity contribution in [1.82, 2.24) is 0 Å². The van der Waals surface area contributed by atoms with Crippen molar-refractivity contribution in [1.29, 1.82) is 0 Å². The Morgan fingerprint density at radius 2 is 1.57 bits per heavy atom. The first-order valence-corrected chi connectivity index (χ1v) is 7.93. The van der Waals surface area contributed by atoms with E-state index in [0.717, 1.165) is 4.47 Å². The number of benzene rings is 2. The van der Waals surface area contributed by atoms with Crippen LogP contribution in [0.15, 0.2) is 53.0 Å². The summed E-state index contributed by atoms with van der Waals surface area (Å²) in [6.07, 6.45) is 1.000. The number of rotatable bonds is 4. The molecule has 4 nitrogen and oxygen atoms in total. The first kappa shape index (κ1) is 15.7. The van der Waals surface area contributed by atoms with Crippen LogP contribution in [0.25, 0.3) is 0 Å².